The van der Waals surface area contributed by atoms with E-state index in [9.17, 15) is 4.79 Å². The van der Waals surface area contributed by atoms with Gasteiger partial charge in [-0.1, -0.05) is 18.2 Å². The lowest BCUT2D eigenvalue weighted by molar-refractivity contribution is 0.0740. The van der Waals surface area contributed by atoms with Crippen LogP contribution < -0.4 is 0 Å². The maximum absolute atomic E-state index is 11.9. The zero-order chi connectivity index (χ0) is 11.7. The Morgan fingerprint density at radius 3 is 3.00 bits per heavy atom. The summed E-state index contributed by atoms with van der Waals surface area (Å²) < 4.78 is 10.7. The SMILES string of the molecule is O=C(COCC1CC1)c1coc2ccccc12. The number of rotatable bonds is 5. The molecule has 0 amide bonds. The summed E-state index contributed by atoms with van der Waals surface area (Å²) in [6.07, 6.45) is 4.00. The number of furan rings is 1. The van der Waals surface area contributed by atoms with Gasteiger partial charge >= 0.3 is 0 Å². The zero-order valence-corrected chi connectivity index (χ0v) is 9.52. The Balaban J connectivity index is 1.71. The summed E-state index contributed by atoms with van der Waals surface area (Å²) in [6, 6.07) is 7.55. The van der Waals surface area contributed by atoms with Crippen LogP contribution in [0.3, 0.4) is 0 Å². The molecule has 0 saturated heterocycles. The van der Waals surface area contributed by atoms with Gasteiger partial charge in [0.05, 0.1) is 12.2 Å². The first kappa shape index (κ1) is 10.5. The summed E-state index contributed by atoms with van der Waals surface area (Å²) in [5.74, 6) is 0.680. The monoisotopic (exact) mass is 230 g/mol. The number of benzene rings is 1. The van der Waals surface area contributed by atoms with E-state index in [2.05, 4.69) is 0 Å². The Morgan fingerprint density at radius 1 is 1.35 bits per heavy atom. The highest BCUT2D eigenvalue weighted by Crippen LogP contribution is 2.29. The summed E-state index contributed by atoms with van der Waals surface area (Å²) >= 11 is 0. The number of Topliss-reactive ketones (excluding diaryl/α,β-unsaturated/α-hetero) is 1. The molecule has 17 heavy (non-hydrogen) atoms. The molecule has 0 N–H and O–H groups in total. The molecule has 0 atom stereocenters. The van der Waals surface area contributed by atoms with Crippen LogP contribution in [0.1, 0.15) is 23.2 Å². The van der Waals surface area contributed by atoms with Gasteiger partial charge in [-0.3, -0.25) is 4.79 Å². The van der Waals surface area contributed by atoms with Crippen LogP contribution in [0.2, 0.25) is 0 Å². The Hall–Kier alpha value is -1.61. The third kappa shape index (κ3) is 2.24. The summed E-state index contributed by atoms with van der Waals surface area (Å²) in [6.45, 7) is 0.863. The molecule has 88 valence electrons. The normalized spacial score (nSPS) is 15.3. The van der Waals surface area contributed by atoms with Gasteiger partial charge in [-0.05, 0) is 24.8 Å². The minimum atomic E-state index is -0.00407. The number of carbonyl (C=O) groups excluding carboxylic acids is 1. The number of ketones is 1. The summed E-state index contributed by atoms with van der Waals surface area (Å²) in [5, 5.41) is 0.868. The molecule has 1 aliphatic rings. The molecule has 0 aliphatic heterocycles. The number of ether oxygens (including phenoxy) is 1. The quantitative estimate of drug-likeness (QED) is 0.741. The minimum Gasteiger partial charge on any atom is -0.464 e. The van der Waals surface area contributed by atoms with Gasteiger partial charge < -0.3 is 9.15 Å². The Morgan fingerprint density at radius 2 is 2.18 bits per heavy atom. The Bertz CT molecular complexity index is 537. The number of hydrogen-bond donors (Lipinski definition) is 0. The second kappa shape index (κ2) is 4.34. The van der Waals surface area contributed by atoms with Gasteiger partial charge in [0.25, 0.3) is 0 Å². The van der Waals surface area contributed by atoms with Crippen molar-refractivity contribution in [1.82, 2.24) is 0 Å². The van der Waals surface area contributed by atoms with Gasteiger partial charge in [-0.15, -0.1) is 0 Å². The average molecular weight is 230 g/mol. The second-order valence-corrected chi connectivity index (χ2v) is 4.53. The van der Waals surface area contributed by atoms with E-state index in [0.717, 1.165) is 11.0 Å². The molecule has 0 unspecified atom stereocenters. The highest BCUT2D eigenvalue weighted by atomic mass is 16.5. The fourth-order valence-corrected chi connectivity index (χ4v) is 1.87. The highest BCUT2D eigenvalue weighted by Gasteiger charge is 2.22. The molecule has 3 rings (SSSR count). The van der Waals surface area contributed by atoms with E-state index in [0.29, 0.717) is 18.1 Å². The molecule has 2 aromatic rings. The molecule has 1 saturated carbocycles. The van der Waals surface area contributed by atoms with Crippen LogP contribution in [0, 0.1) is 5.92 Å². The molecule has 0 spiro atoms. The van der Waals surface area contributed by atoms with Crippen LogP contribution in [0.5, 0.6) is 0 Å². The molecule has 3 nitrogen and oxygen atoms in total. The van der Waals surface area contributed by atoms with E-state index < -0.39 is 0 Å². The minimum absolute atomic E-state index is 0.00407. The van der Waals surface area contributed by atoms with Crippen molar-refractivity contribution in [2.75, 3.05) is 13.2 Å². The molecule has 3 heteroatoms. The van der Waals surface area contributed by atoms with Crippen molar-refractivity contribution in [1.29, 1.82) is 0 Å². The molecule has 1 aromatic carbocycles. The van der Waals surface area contributed by atoms with Crippen LogP contribution in [-0.4, -0.2) is 19.0 Å². The third-order valence-electron chi connectivity index (χ3n) is 3.07. The molecule has 1 aromatic heterocycles. The van der Waals surface area contributed by atoms with E-state index in [4.69, 9.17) is 9.15 Å². The van der Waals surface area contributed by atoms with Crippen molar-refractivity contribution in [3.63, 3.8) is 0 Å². The highest BCUT2D eigenvalue weighted by molar-refractivity contribution is 6.07. The number of para-hydroxylation sites is 1. The second-order valence-electron chi connectivity index (χ2n) is 4.53. The predicted octanol–water partition coefficient (Wildman–Crippen LogP) is 3.04. The topological polar surface area (TPSA) is 39.4 Å². The van der Waals surface area contributed by atoms with E-state index in [1.54, 1.807) is 0 Å². The van der Waals surface area contributed by atoms with Gasteiger partial charge in [0.1, 0.15) is 18.5 Å². The largest absolute Gasteiger partial charge is 0.464 e. The van der Waals surface area contributed by atoms with Crippen molar-refractivity contribution >= 4 is 16.8 Å². The summed E-state index contributed by atoms with van der Waals surface area (Å²) in [7, 11) is 0. The molecule has 1 heterocycles. The van der Waals surface area contributed by atoms with Crippen molar-refractivity contribution < 1.29 is 13.9 Å². The van der Waals surface area contributed by atoms with Crippen LogP contribution in [-0.2, 0) is 4.74 Å². The van der Waals surface area contributed by atoms with E-state index in [1.807, 2.05) is 24.3 Å². The van der Waals surface area contributed by atoms with E-state index in [1.165, 1.54) is 19.1 Å². The van der Waals surface area contributed by atoms with Crippen molar-refractivity contribution in [2.24, 2.45) is 5.92 Å². The molecular formula is C14H14O3. The van der Waals surface area contributed by atoms with Crippen LogP contribution in [0.25, 0.3) is 11.0 Å². The third-order valence-corrected chi connectivity index (χ3v) is 3.07. The van der Waals surface area contributed by atoms with E-state index in [-0.39, 0.29) is 12.4 Å². The lowest BCUT2D eigenvalue weighted by atomic mass is 10.1. The first-order chi connectivity index (χ1) is 8.34. The lowest BCUT2D eigenvalue weighted by Gasteiger charge is -2.00. The lowest BCUT2D eigenvalue weighted by Crippen LogP contribution is -2.10. The average Bonchev–Trinajstić information content (AvgIpc) is 3.07. The predicted molar refractivity (Wildman–Crippen MR) is 64.1 cm³/mol. The van der Waals surface area contributed by atoms with Gasteiger partial charge in [0, 0.05) is 5.39 Å². The standard InChI is InChI=1S/C14H14O3/c15-13(9-16-7-10-5-6-10)12-8-17-14-4-2-1-3-11(12)14/h1-4,8,10H,5-7,9H2. The first-order valence-corrected chi connectivity index (χ1v) is 5.92. The maximum atomic E-state index is 11.9. The smallest absolute Gasteiger partial charge is 0.192 e. The Labute approximate surface area is 99.4 Å². The van der Waals surface area contributed by atoms with Crippen molar-refractivity contribution in [3.8, 4) is 0 Å². The van der Waals surface area contributed by atoms with Gasteiger partial charge in [0.15, 0.2) is 5.78 Å². The maximum Gasteiger partial charge on any atom is 0.192 e. The fraction of sp³-hybridized carbons (Fsp3) is 0.357. The Kier molecular flexibility index (Phi) is 2.69. The molecule has 1 aliphatic carbocycles. The van der Waals surface area contributed by atoms with Crippen LogP contribution in [0.4, 0.5) is 0 Å². The van der Waals surface area contributed by atoms with Crippen molar-refractivity contribution in [2.45, 2.75) is 12.8 Å². The molecule has 1 fully saturated rings. The van der Waals surface area contributed by atoms with Crippen LogP contribution in [0.15, 0.2) is 34.9 Å². The fourth-order valence-electron chi connectivity index (χ4n) is 1.87. The molecular weight excluding hydrogens is 216 g/mol. The molecule has 0 radical (unpaired) electrons. The van der Waals surface area contributed by atoms with Gasteiger partial charge in [0.2, 0.25) is 0 Å². The van der Waals surface area contributed by atoms with E-state index >= 15 is 0 Å². The number of fused-ring (bicyclic) bond motifs is 1. The van der Waals surface area contributed by atoms with Crippen molar-refractivity contribution in [3.05, 3.63) is 36.1 Å². The number of carbonyl (C=O) groups is 1. The summed E-state index contributed by atoms with van der Waals surface area (Å²) in [4.78, 5) is 11.9. The van der Waals surface area contributed by atoms with Gasteiger partial charge in [-0.2, -0.15) is 0 Å². The zero-order valence-electron chi connectivity index (χ0n) is 9.52. The summed E-state index contributed by atoms with van der Waals surface area (Å²) in [5.41, 5.74) is 1.37. The van der Waals surface area contributed by atoms with Gasteiger partial charge in [-0.25, -0.2) is 0 Å². The molecule has 0 bridgehead atoms. The first-order valence-electron chi connectivity index (χ1n) is 5.92. The number of hydrogen-bond acceptors (Lipinski definition) is 3. The van der Waals surface area contributed by atoms with Crippen LogP contribution >= 0.6 is 0 Å².